The Morgan fingerprint density at radius 2 is 1.47 bits per heavy atom. The Balaban J connectivity index is 0.000000325. The van der Waals surface area contributed by atoms with Crippen LogP contribution in [0.15, 0.2) is 0 Å². The van der Waals surface area contributed by atoms with Crippen molar-refractivity contribution in [3.8, 4) is 0 Å². The zero-order chi connectivity index (χ0) is 13.6. The molecule has 17 heavy (non-hydrogen) atoms. The third-order valence-corrected chi connectivity index (χ3v) is 2.42. The number of hydrogen-bond donors (Lipinski definition) is 3. The van der Waals surface area contributed by atoms with Crippen LogP contribution in [-0.2, 0) is 9.59 Å². The van der Waals surface area contributed by atoms with Crippen molar-refractivity contribution in [3.63, 3.8) is 0 Å². The summed E-state index contributed by atoms with van der Waals surface area (Å²) in [6.45, 7) is 0. The lowest BCUT2D eigenvalue weighted by atomic mass is 9.86. The average molecular weight is 256 g/mol. The summed E-state index contributed by atoms with van der Waals surface area (Å²) in [6, 6.07) is 0.301. The van der Waals surface area contributed by atoms with Crippen molar-refractivity contribution >= 4 is 11.9 Å². The molecule has 0 atom stereocenters. The number of alkyl halides is 3. The van der Waals surface area contributed by atoms with Gasteiger partial charge in [-0.25, -0.2) is 4.79 Å². The Hall–Kier alpha value is -1.31. The second-order valence-electron chi connectivity index (χ2n) is 3.82. The van der Waals surface area contributed by atoms with Crippen molar-refractivity contribution in [2.45, 2.75) is 37.9 Å². The molecule has 1 amide bonds. The molecule has 0 aromatic carbocycles. The van der Waals surface area contributed by atoms with Crippen LogP contribution < -0.4 is 11.5 Å². The summed E-state index contributed by atoms with van der Waals surface area (Å²) in [4.78, 5) is 19.5. The van der Waals surface area contributed by atoms with E-state index in [9.17, 15) is 18.0 Å². The summed E-state index contributed by atoms with van der Waals surface area (Å²) in [5, 5.41) is 7.12. The molecule has 0 radical (unpaired) electrons. The van der Waals surface area contributed by atoms with Crippen molar-refractivity contribution in [3.05, 3.63) is 0 Å². The topological polar surface area (TPSA) is 106 Å². The van der Waals surface area contributed by atoms with Gasteiger partial charge in [0.05, 0.1) is 0 Å². The van der Waals surface area contributed by atoms with Gasteiger partial charge in [0.15, 0.2) is 0 Å². The van der Waals surface area contributed by atoms with E-state index >= 15 is 0 Å². The molecule has 0 bridgehead atoms. The van der Waals surface area contributed by atoms with Gasteiger partial charge in [0.25, 0.3) is 0 Å². The lowest BCUT2D eigenvalue weighted by Crippen LogP contribution is -2.32. The minimum atomic E-state index is -5.08. The number of carbonyl (C=O) groups is 2. The van der Waals surface area contributed by atoms with Crippen molar-refractivity contribution in [1.82, 2.24) is 0 Å². The molecule has 0 aliphatic heterocycles. The number of primary amides is 1. The van der Waals surface area contributed by atoms with Crippen LogP contribution in [0.3, 0.4) is 0 Å². The van der Waals surface area contributed by atoms with Gasteiger partial charge in [-0.1, -0.05) is 0 Å². The molecule has 1 rings (SSSR count). The minimum Gasteiger partial charge on any atom is -0.475 e. The SMILES string of the molecule is NC(=O)C1CCC(N)CC1.O=C(O)C(F)(F)F. The normalized spacial score (nSPS) is 24.5. The summed E-state index contributed by atoms with van der Waals surface area (Å²) < 4.78 is 31.7. The standard InChI is InChI=1S/C7H14N2O.C2HF3O2/c8-6-3-1-5(2-4-6)7(9)10;3-2(4,5)1(6)7/h5-6H,1-4,8H2,(H2,9,10);(H,6,7). The number of carboxylic acids is 1. The van der Waals surface area contributed by atoms with E-state index < -0.39 is 12.1 Å². The van der Waals surface area contributed by atoms with E-state index in [0.717, 1.165) is 25.7 Å². The Morgan fingerprint density at radius 1 is 1.12 bits per heavy atom. The van der Waals surface area contributed by atoms with Crippen molar-refractivity contribution in [1.29, 1.82) is 0 Å². The number of carboxylic acid groups (broad SMARTS) is 1. The molecule has 1 fully saturated rings. The summed E-state index contributed by atoms with van der Waals surface area (Å²) in [5.41, 5.74) is 10.8. The molecule has 100 valence electrons. The summed E-state index contributed by atoms with van der Waals surface area (Å²) in [5.74, 6) is -2.82. The summed E-state index contributed by atoms with van der Waals surface area (Å²) >= 11 is 0. The highest BCUT2D eigenvalue weighted by Gasteiger charge is 2.38. The first kappa shape index (κ1) is 15.7. The third-order valence-electron chi connectivity index (χ3n) is 2.42. The largest absolute Gasteiger partial charge is 0.490 e. The maximum atomic E-state index is 10.6. The van der Waals surface area contributed by atoms with Crippen LogP contribution in [0, 0.1) is 5.92 Å². The van der Waals surface area contributed by atoms with Gasteiger partial charge in [-0.05, 0) is 25.7 Å². The molecular weight excluding hydrogens is 241 g/mol. The lowest BCUT2D eigenvalue weighted by Gasteiger charge is -2.23. The smallest absolute Gasteiger partial charge is 0.475 e. The second kappa shape index (κ2) is 6.43. The van der Waals surface area contributed by atoms with Gasteiger partial charge in [-0.2, -0.15) is 13.2 Å². The zero-order valence-corrected chi connectivity index (χ0v) is 9.04. The number of rotatable bonds is 1. The molecule has 1 saturated carbocycles. The first-order valence-electron chi connectivity index (χ1n) is 4.99. The lowest BCUT2D eigenvalue weighted by molar-refractivity contribution is -0.192. The first-order valence-corrected chi connectivity index (χ1v) is 4.99. The molecule has 1 aliphatic carbocycles. The van der Waals surface area contributed by atoms with Gasteiger partial charge in [0.2, 0.25) is 5.91 Å². The number of carbonyl (C=O) groups excluding carboxylic acids is 1. The van der Waals surface area contributed by atoms with Crippen LogP contribution in [0.4, 0.5) is 13.2 Å². The second-order valence-corrected chi connectivity index (χ2v) is 3.82. The number of hydrogen-bond acceptors (Lipinski definition) is 3. The number of amides is 1. The molecule has 0 heterocycles. The number of aliphatic carboxylic acids is 1. The van der Waals surface area contributed by atoms with E-state index in [1.54, 1.807) is 0 Å². The molecule has 0 aromatic heterocycles. The Bertz CT molecular complexity index is 273. The molecule has 0 spiro atoms. The maximum absolute atomic E-state index is 10.6. The first-order chi connectivity index (χ1) is 7.64. The average Bonchev–Trinajstić information content (AvgIpc) is 2.17. The van der Waals surface area contributed by atoms with E-state index in [-0.39, 0.29) is 11.8 Å². The molecule has 5 N–H and O–H groups in total. The van der Waals surface area contributed by atoms with Gasteiger partial charge < -0.3 is 16.6 Å². The highest BCUT2D eigenvalue weighted by Crippen LogP contribution is 2.22. The Morgan fingerprint density at radius 3 is 1.71 bits per heavy atom. The van der Waals surface area contributed by atoms with Crippen LogP contribution >= 0.6 is 0 Å². The fourth-order valence-corrected chi connectivity index (χ4v) is 1.40. The molecule has 1 aliphatic rings. The molecule has 8 heteroatoms. The molecule has 5 nitrogen and oxygen atoms in total. The summed E-state index contributed by atoms with van der Waals surface area (Å²) in [7, 11) is 0. The summed E-state index contributed by atoms with van der Waals surface area (Å²) in [6.07, 6.45) is -1.41. The Labute approximate surface area is 96.0 Å². The van der Waals surface area contributed by atoms with Gasteiger partial charge in [-0.3, -0.25) is 4.79 Å². The van der Waals surface area contributed by atoms with Gasteiger partial charge in [0.1, 0.15) is 0 Å². The van der Waals surface area contributed by atoms with Crippen molar-refractivity contribution in [2.75, 3.05) is 0 Å². The van der Waals surface area contributed by atoms with Gasteiger partial charge in [0, 0.05) is 12.0 Å². The number of halogens is 3. The maximum Gasteiger partial charge on any atom is 0.490 e. The van der Waals surface area contributed by atoms with Crippen LogP contribution in [0.1, 0.15) is 25.7 Å². The molecule has 0 unspecified atom stereocenters. The molecule has 0 aromatic rings. The van der Waals surface area contributed by atoms with E-state index in [1.165, 1.54) is 0 Å². The van der Waals surface area contributed by atoms with Crippen LogP contribution in [0.2, 0.25) is 0 Å². The van der Waals surface area contributed by atoms with Crippen LogP contribution in [0.5, 0.6) is 0 Å². The van der Waals surface area contributed by atoms with E-state index in [2.05, 4.69) is 0 Å². The zero-order valence-electron chi connectivity index (χ0n) is 9.04. The third kappa shape index (κ3) is 6.77. The van der Waals surface area contributed by atoms with E-state index in [0.29, 0.717) is 6.04 Å². The Kier molecular flexibility index (Phi) is 5.94. The highest BCUT2D eigenvalue weighted by molar-refractivity contribution is 5.76. The predicted molar refractivity (Wildman–Crippen MR) is 52.8 cm³/mol. The fraction of sp³-hybridized carbons (Fsp3) is 0.778. The van der Waals surface area contributed by atoms with Crippen molar-refractivity contribution < 1.29 is 27.9 Å². The van der Waals surface area contributed by atoms with Gasteiger partial charge >= 0.3 is 12.1 Å². The van der Waals surface area contributed by atoms with E-state index in [4.69, 9.17) is 21.4 Å². The minimum absolute atomic E-state index is 0.0970. The fourth-order valence-electron chi connectivity index (χ4n) is 1.40. The van der Waals surface area contributed by atoms with Crippen LogP contribution in [0.25, 0.3) is 0 Å². The monoisotopic (exact) mass is 256 g/mol. The number of nitrogens with two attached hydrogens (primary N) is 2. The van der Waals surface area contributed by atoms with E-state index in [1.807, 2.05) is 0 Å². The van der Waals surface area contributed by atoms with Gasteiger partial charge in [-0.15, -0.1) is 0 Å². The quantitative estimate of drug-likeness (QED) is 0.639. The van der Waals surface area contributed by atoms with Crippen LogP contribution in [-0.4, -0.2) is 29.2 Å². The molecule has 0 saturated heterocycles. The highest BCUT2D eigenvalue weighted by atomic mass is 19.4. The molecular formula is C9H15F3N2O3. The predicted octanol–water partition coefficient (Wildman–Crippen LogP) is 0.622. The van der Waals surface area contributed by atoms with Crippen molar-refractivity contribution in [2.24, 2.45) is 17.4 Å².